The smallest absolute Gasteiger partial charge is 0.319 e. The fraction of sp³-hybridized carbons (Fsp3) is 0.444. The lowest BCUT2D eigenvalue weighted by molar-refractivity contribution is 0.233. The van der Waals surface area contributed by atoms with Gasteiger partial charge in [0.25, 0.3) is 0 Å². The van der Waals surface area contributed by atoms with Gasteiger partial charge in [-0.25, -0.2) is 9.78 Å². The summed E-state index contributed by atoms with van der Waals surface area (Å²) in [5.74, 6) is 1.79. The van der Waals surface area contributed by atoms with Gasteiger partial charge in [0.2, 0.25) is 0 Å². The van der Waals surface area contributed by atoms with E-state index in [-0.39, 0.29) is 12.1 Å². The van der Waals surface area contributed by atoms with Crippen LogP contribution >= 0.6 is 0 Å². The zero-order valence-electron chi connectivity index (χ0n) is 14.7. The lowest BCUT2D eigenvalue weighted by atomic mass is 10.2. The highest BCUT2D eigenvalue weighted by molar-refractivity contribution is 5.89. The second kappa shape index (κ2) is 8.02. The Kier molecular flexibility index (Phi) is 5.55. The summed E-state index contributed by atoms with van der Waals surface area (Å²) in [4.78, 5) is 20.8. The molecule has 2 N–H and O–H groups in total. The van der Waals surface area contributed by atoms with Crippen LogP contribution in [0.15, 0.2) is 41.1 Å². The molecule has 0 spiro atoms. The molecule has 25 heavy (non-hydrogen) atoms. The van der Waals surface area contributed by atoms with E-state index >= 15 is 0 Å². The standard InChI is InChI=1S/C18H25N5O2/c1-22(2)15(16-6-5-11-25-16)13-20-18(24)21-14-7-8-17(19-12-14)23-9-3-4-10-23/h5-8,11-12,15H,3-4,9-10,13H2,1-2H3,(H2,20,21,24). The molecule has 1 unspecified atom stereocenters. The van der Waals surface area contributed by atoms with E-state index in [0.717, 1.165) is 24.7 Å². The van der Waals surface area contributed by atoms with Gasteiger partial charge in [-0.1, -0.05) is 0 Å². The topological polar surface area (TPSA) is 73.6 Å². The summed E-state index contributed by atoms with van der Waals surface area (Å²) in [5.41, 5.74) is 0.680. The van der Waals surface area contributed by atoms with Crippen molar-refractivity contribution >= 4 is 17.5 Å². The van der Waals surface area contributed by atoms with E-state index in [0.29, 0.717) is 12.2 Å². The molecule has 7 nitrogen and oxygen atoms in total. The molecule has 0 saturated carbocycles. The van der Waals surface area contributed by atoms with Gasteiger partial charge in [-0.15, -0.1) is 0 Å². The fourth-order valence-electron chi connectivity index (χ4n) is 2.98. The lowest BCUT2D eigenvalue weighted by Crippen LogP contribution is -2.36. The number of hydrogen-bond acceptors (Lipinski definition) is 5. The average molecular weight is 343 g/mol. The van der Waals surface area contributed by atoms with Gasteiger partial charge in [0.15, 0.2) is 0 Å². The summed E-state index contributed by atoms with van der Waals surface area (Å²) in [6, 6.07) is 7.32. The van der Waals surface area contributed by atoms with Crippen LogP contribution in [0.1, 0.15) is 24.6 Å². The van der Waals surface area contributed by atoms with Crippen LogP contribution in [0.5, 0.6) is 0 Å². The van der Waals surface area contributed by atoms with Gasteiger partial charge in [0, 0.05) is 19.6 Å². The Morgan fingerprint density at radius 3 is 2.72 bits per heavy atom. The first-order valence-corrected chi connectivity index (χ1v) is 8.59. The van der Waals surface area contributed by atoms with Crippen LogP contribution in [0, 0.1) is 0 Å². The van der Waals surface area contributed by atoms with Gasteiger partial charge in [0.05, 0.1) is 24.2 Å². The highest BCUT2D eigenvalue weighted by Gasteiger charge is 2.18. The van der Waals surface area contributed by atoms with E-state index in [2.05, 4.69) is 20.5 Å². The molecular formula is C18H25N5O2. The number of nitrogens with one attached hydrogen (secondary N) is 2. The van der Waals surface area contributed by atoms with Crippen molar-refractivity contribution in [2.24, 2.45) is 0 Å². The van der Waals surface area contributed by atoms with Crippen molar-refractivity contribution in [2.75, 3.05) is 43.9 Å². The number of anilines is 2. The molecule has 0 aliphatic carbocycles. The van der Waals surface area contributed by atoms with Crippen LogP contribution in [-0.4, -0.2) is 49.6 Å². The molecule has 0 aromatic carbocycles. The number of furan rings is 1. The van der Waals surface area contributed by atoms with Gasteiger partial charge in [-0.2, -0.15) is 0 Å². The zero-order valence-corrected chi connectivity index (χ0v) is 14.7. The first-order chi connectivity index (χ1) is 12.1. The molecule has 3 heterocycles. The molecule has 1 aliphatic rings. The van der Waals surface area contributed by atoms with Crippen molar-refractivity contribution in [1.29, 1.82) is 0 Å². The highest BCUT2D eigenvalue weighted by atomic mass is 16.3. The van der Waals surface area contributed by atoms with Gasteiger partial charge in [0.1, 0.15) is 11.6 Å². The minimum Gasteiger partial charge on any atom is -0.468 e. The number of aromatic nitrogens is 1. The number of rotatable bonds is 6. The minimum absolute atomic E-state index is 0.0172. The predicted octanol–water partition coefficient (Wildman–Crippen LogP) is 2.70. The predicted molar refractivity (Wildman–Crippen MR) is 97.8 cm³/mol. The minimum atomic E-state index is -0.255. The maximum Gasteiger partial charge on any atom is 0.319 e. The number of hydrogen-bond donors (Lipinski definition) is 2. The number of nitrogens with zero attached hydrogens (tertiary/aromatic N) is 3. The van der Waals surface area contributed by atoms with Crippen molar-refractivity contribution in [3.8, 4) is 0 Å². The average Bonchev–Trinajstić information content (AvgIpc) is 3.29. The third-order valence-electron chi connectivity index (χ3n) is 4.39. The molecule has 0 radical (unpaired) electrons. The van der Waals surface area contributed by atoms with Crippen LogP contribution in [-0.2, 0) is 0 Å². The Balaban J connectivity index is 1.51. The molecule has 3 rings (SSSR count). The van der Waals surface area contributed by atoms with Crippen LogP contribution in [0.25, 0.3) is 0 Å². The Morgan fingerprint density at radius 1 is 1.32 bits per heavy atom. The van der Waals surface area contributed by atoms with Crippen molar-refractivity contribution in [3.05, 3.63) is 42.5 Å². The molecule has 1 saturated heterocycles. The first-order valence-electron chi connectivity index (χ1n) is 8.59. The highest BCUT2D eigenvalue weighted by Crippen LogP contribution is 2.19. The van der Waals surface area contributed by atoms with E-state index in [9.17, 15) is 4.79 Å². The third-order valence-corrected chi connectivity index (χ3v) is 4.39. The summed E-state index contributed by atoms with van der Waals surface area (Å²) < 4.78 is 5.44. The van der Waals surface area contributed by atoms with Crippen molar-refractivity contribution < 1.29 is 9.21 Å². The Morgan fingerprint density at radius 2 is 2.12 bits per heavy atom. The third kappa shape index (κ3) is 4.51. The zero-order chi connectivity index (χ0) is 17.6. The number of urea groups is 1. The number of likely N-dealkylation sites (N-methyl/N-ethyl adjacent to an activating group) is 1. The van der Waals surface area contributed by atoms with Gasteiger partial charge >= 0.3 is 6.03 Å². The molecule has 2 amide bonds. The van der Waals surface area contributed by atoms with Gasteiger partial charge < -0.3 is 20.0 Å². The van der Waals surface area contributed by atoms with Crippen LogP contribution < -0.4 is 15.5 Å². The normalized spacial score (nSPS) is 15.4. The van der Waals surface area contributed by atoms with E-state index < -0.39 is 0 Å². The SMILES string of the molecule is CN(C)C(CNC(=O)Nc1ccc(N2CCCC2)nc1)c1ccco1. The Bertz CT molecular complexity index is 663. The molecular weight excluding hydrogens is 318 g/mol. The molecule has 2 aromatic heterocycles. The molecule has 1 fully saturated rings. The number of amides is 2. The van der Waals surface area contributed by atoms with Crippen LogP contribution in [0.2, 0.25) is 0 Å². The lowest BCUT2D eigenvalue weighted by Gasteiger charge is -2.22. The van der Waals surface area contributed by atoms with Gasteiger partial charge in [-0.05, 0) is 51.2 Å². The summed E-state index contributed by atoms with van der Waals surface area (Å²) in [7, 11) is 3.90. The number of pyridine rings is 1. The van der Waals surface area contributed by atoms with E-state index in [1.165, 1.54) is 12.8 Å². The van der Waals surface area contributed by atoms with E-state index in [4.69, 9.17) is 4.42 Å². The van der Waals surface area contributed by atoms with Crippen LogP contribution in [0.4, 0.5) is 16.3 Å². The van der Waals surface area contributed by atoms with E-state index in [1.807, 2.05) is 43.3 Å². The Hall–Kier alpha value is -2.54. The fourth-order valence-corrected chi connectivity index (χ4v) is 2.98. The number of carbonyl (C=O) groups is 1. The monoisotopic (exact) mass is 343 g/mol. The quantitative estimate of drug-likeness (QED) is 0.844. The summed E-state index contributed by atoms with van der Waals surface area (Å²) >= 11 is 0. The second-order valence-electron chi connectivity index (χ2n) is 6.43. The largest absolute Gasteiger partial charge is 0.468 e. The summed E-state index contributed by atoms with van der Waals surface area (Å²) in [6.07, 6.45) is 5.77. The molecule has 1 atom stereocenters. The summed E-state index contributed by atoms with van der Waals surface area (Å²) in [6.45, 7) is 2.56. The second-order valence-corrected chi connectivity index (χ2v) is 6.43. The molecule has 0 bridgehead atoms. The van der Waals surface area contributed by atoms with E-state index in [1.54, 1.807) is 12.5 Å². The Labute approximate surface area is 148 Å². The van der Waals surface area contributed by atoms with Crippen molar-refractivity contribution in [2.45, 2.75) is 18.9 Å². The molecule has 1 aliphatic heterocycles. The molecule has 134 valence electrons. The first kappa shape index (κ1) is 17.3. The maximum absolute atomic E-state index is 12.1. The van der Waals surface area contributed by atoms with Gasteiger partial charge in [-0.3, -0.25) is 4.90 Å². The van der Waals surface area contributed by atoms with Crippen molar-refractivity contribution in [1.82, 2.24) is 15.2 Å². The maximum atomic E-state index is 12.1. The number of carbonyl (C=O) groups excluding carboxylic acids is 1. The van der Waals surface area contributed by atoms with Crippen LogP contribution in [0.3, 0.4) is 0 Å². The van der Waals surface area contributed by atoms with Crippen molar-refractivity contribution in [3.63, 3.8) is 0 Å². The molecule has 7 heteroatoms. The molecule has 2 aromatic rings. The summed E-state index contributed by atoms with van der Waals surface area (Å²) in [5, 5.41) is 5.70.